The number of amides is 2. The van der Waals surface area contributed by atoms with Gasteiger partial charge in [-0.1, -0.05) is 6.92 Å². The van der Waals surface area contributed by atoms with E-state index in [1.165, 1.54) is 0 Å². The van der Waals surface area contributed by atoms with Crippen LogP contribution in [0, 0.1) is 5.41 Å². The molecule has 2 amide bonds. The summed E-state index contributed by atoms with van der Waals surface area (Å²) in [6.45, 7) is 5.37. The Balaban J connectivity index is 1.86. The minimum absolute atomic E-state index is 0.00782. The van der Waals surface area contributed by atoms with Gasteiger partial charge in [-0.25, -0.2) is 0 Å². The van der Waals surface area contributed by atoms with E-state index in [0.717, 1.165) is 32.2 Å². The van der Waals surface area contributed by atoms with Crippen LogP contribution in [0.2, 0.25) is 0 Å². The smallest absolute Gasteiger partial charge is 0.242 e. The molecule has 2 atom stereocenters. The SMILES string of the molecule is CCC1(C(=O)NC(C)C(=O)NC2CC2)CCNC1. The lowest BCUT2D eigenvalue weighted by Crippen LogP contribution is -2.51. The maximum absolute atomic E-state index is 12.3. The summed E-state index contributed by atoms with van der Waals surface area (Å²) in [6, 6.07) is -0.104. The van der Waals surface area contributed by atoms with Gasteiger partial charge in [-0.05, 0) is 39.2 Å². The summed E-state index contributed by atoms with van der Waals surface area (Å²) in [5.41, 5.74) is -0.325. The third-order valence-electron chi connectivity index (χ3n) is 4.07. The van der Waals surface area contributed by atoms with Crippen molar-refractivity contribution in [1.82, 2.24) is 16.0 Å². The van der Waals surface area contributed by atoms with E-state index in [1.54, 1.807) is 6.92 Å². The standard InChI is InChI=1S/C13H23N3O2/c1-3-13(6-7-14-8-13)12(18)15-9(2)11(17)16-10-4-5-10/h9-10,14H,3-8H2,1-2H3,(H,15,18)(H,16,17). The summed E-state index contributed by atoms with van der Waals surface area (Å²) in [5.74, 6) is -0.0588. The zero-order valence-electron chi connectivity index (χ0n) is 11.2. The minimum Gasteiger partial charge on any atom is -0.352 e. The summed E-state index contributed by atoms with van der Waals surface area (Å²) >= 11 is 0. The Hall–Kier alpha value is -1.10. The van der Waals surface area contributed by atoms with Crippen molar-refractivity contribution in [3.63, 3.8) is 0 Å². The van der Waals surface area contributed by atoms with Gasteiger partial charge in [0, 0.05) is 12.6 Å². The van der Waals surface area contributed by atoms with E-state index in [2.05, 4.69) is 16.0 Å². The van der Waals surface area contributed by atoms with Gasteiger partial charge in [0.15, 0.2) is 0 Å². The fourth-order valence-corrected chi connectivity index (χ4v) is 2.37. The Bertz CT molecular complexity index is 333. The van der Waals surface area contributed by atoms with Crippen LogP contribution in [0.1, 0.15) is 39.5 Å². The normalized spacial score (nSPS) is 28.8. The fourth-order valence-electron chi connectivity index (χ4n) is 2.37. The van der Waals surface area contributed by atoms with Gasteiger partial charge in [-0.2, -0.15) is 0 Å². The second-order valence-corrected chi connectivity index (χ2v) is 5.54. The van der Waals surface area contributed by atoms with Crippen LogP contribution in [-0.4, -0.2) is 37.0 Å². The number of nitrogens with one attached hydrogen (secondary N) is 3. The molecule has 1 aliphatic carbocycles. The zero-order valence-corrected chi connectivity index (χ0v) is 11.2. The maximum Gasteiger partial charge on any atom is 0.242 e. The highest BCUT2D eigenvalue weighted by Crippen LogP contribution is 2.29. The number of hydrogen-bond acceptors (Lipinski definition) is 3. The van der Waals surface area contributed by atoms with E-state index in [9.17, 15) is 9.59 Å². The molecule has 2 fully saturated rings. The van der Waals surface area contributed by atoms with Crippen molar-refractivity contribution in [3.8, 4) is 0 Å². The molecule has 1 aliphatic heterocycles. The average molecular weight is 253 g/mol. The lowest BCUT2D eigenvalue weighted by molar-refractivity contribution is -0.134. The van der Waals surface area contributed by atoms with Crippen LogP contribution in [0.5, 0.6) is 0 Å². The van der Waals surface area contributed by atoms with Crippen molar-refractivity contribution in [1.29, 1.82) is 0 Å². The first kappa shape index (κ1) is 13.3. The van der Waals surface area contributed by atoms with Crippen LogP contribution in [-0.2, 0) is 9.59 Å². The van der Waals surface area contributed by atoms with Crippen LogP contribution in [0.15, 0.2) is 0 Å². The third kappa shape index (κ3) is 2.83. The predicted octanol–water partition coefficient (Wildman–Crippen LogP) is 0.159. The van der Waals surface area contributed by atoms with Crippen LogP contribution < -0.4 is 16.0 Å². The third-order valence-corrected chi connectivity index (χ3v) is 4.07. The van der Waals surface area contributed by atoms with Crippen molar-refractivity contribution >= 4 is 11.8 Å². The van der Waals surface area contributed by atoms with Crippen molar-refractivity contribution in [2.45, 2.75) is 51.6 Å². The molecule has 5 heteroatoms. The molecular weight excluding hydrogens is 230 g/mol. The van der Waals surface area contributed by atoms with Crippen LogP contribution in [0.4, 0.5) is 0 Å². The molecule has 18 heavy (non-hydrogen) atoms. The summed E-state index contributed by atoms with van der Waals surface area (Å²) in [5, 5.41) is 8.99. The van der Waals surface area contributed by atoms with E-state index in [-0.39, 0.29) is 17.2 Å². The van der Waals surface area contributed by atoms with Gasteiger partial charge in [0.25, 0.3) is 0 Å². The highest BCUT2D eigenvalue weighted by Gasteiger charge is 2.40. The molecule has 0 aromatic heterocycles. The maximum atomic E-state index is 12.3. The number of hydrogen-bond donors (Lipinski definition) is 3. The Morgan fingerprint density at radius 2 is 2.17 bits per heavy atom. The van der Waals surface area contributed by atoms with E-state index in [1.807, 2.05) is 6.92 Å². The molecule has 0 aromatic carbocycles. The van der Waals surface area contributed by atoms with Gasteiger partial charge < -0.3 is 16.0 Å². The molecule has 0 bridgehead atoms. The van der Waals surface area contributed by atoms with Crippen molar-refractivity contribution in [2.24, 2.45) is 5.41 Å². The molecule has 3 N–H and O–H groups in total. The zero-order chi connectivity index (χ0) is 13.2. The lowest BCUT2D eigenvalue weighted by Gasteiger charge is -2.27. The molecule has 1 saturated heterocycles. The van der Waals surface area contributed by atoms with E-state index >= 15 is 0 Å². The van der Waals surface area contributed by atoms with Gasteiger partial charge in [-0.3, -0.25) is 9.59 Å². The molecule has 0 radical (unpaired) electrons. The molecule has 2 aliphatic rings. The topological polar surface area (TPSA) is 70.2 Å². The highest BCUT2D eigenvalue weighted by molar-refractivity contribution is 5.90. The molecule has 2 unspecified atom stereocenters. The molecule has 5 nitrogen and oxygen atoms in total. The monoisotopic (exact) mass is 253 g/mol. The second-order valence-electron chi connectivity index (χ2n) is 5.54. The van der Waals surface area contributed by atoms with Crippen molar-refractivity contribution in [2.75, 3.05) is 13.1 Å². The molecule has 1 saturated carbocycles. The van der Waals surface area contributed by atoms with E-state index < -0.39 is 6.04 Å². The summed E-state index contributed by atoms with van der Waals surface area (Å²) in [4.78, 5) is 24.1. The van der Waals surface area contributed by atoms with Crippen LogP contribution in [0.25, 0.3) is 0 Å². The van der Waals surface area contributed by atoms with Crippen LogP contribution >= 0.6 is 0 Å². The number of carbonyl (C=O) groups excluding carboxylic acids is 2. The molecular formula is C13H23N3O2. The Labute approximate surface area is 108 Å². The first-order chi connectivity index (χ1) is 8.57. The van der Waals surface area contributed by atoms with Gasteiger partial charge >= 0.3 is 0 Å². The van der Waals surface area contributed by atoms with Gasteiger partial charge in [0.05, 0.1) is 5.41 Å². The largest absolute Gasteiger partial charge is 0.352 e. The minimum atomic E-state index is -0.442. The summed E-state index contributed by atoms with van der Waals surface area (Å²) in [7, 11) is 0. The first-order valence-corrected chi connectivity index (χ1v) is 6.89. The molecule has 1 heterocycles. The molecule has 102 valence electrons. The molecule has 0 aromatic rings. The van der Waals surface area contributed by atoms with Crippen molar-refractivity contribution < 1.29 is 9.59 Å². The number of carbonyl (C=O) groups is 2. The lowest BCUT2D eigenvalue weighted by atomic mass is 9.83. The van der Waals surface area contributed by atoms with Crippen molar-refractivity contribution in [3.05, 3.63) is 0 Å². The summed E-state index contributed by atoms with van der Waals surface area (Å²) < 4.78 is 0. The fraction of sp³-hybridized carbons (Fsp3) is 0.846. The Morgan fingerprint density at radius 1 is 1.44 bits per heavy atom. The van der Waals surface area contributed by atoms with Gasteiger partial charge in [0.1, 0.15) is 6.04 Å². The first-order valence-electron chi connectivity index (χ1n) is 6.89. The van der Waals surface area contributed by atoms with E-state index in [4.69, 9.17) is 0 Å². The molecule has 0 spiro atoms. The second kappa shape index (κ2) is 5.26. The Morgan fingerprint density at radius 3 is 2.67 bits per heavy atom. The predicted molar refractivity (Wildman–Crippen MR) is 69.0 cm³/mol. The summed E-state index contributed by atoms with van der Waals surface area (Å²) in [6.07, 6.45) is 3.79. The molecule has 2 rings (SSSR count). The van der Waals surface area contributed by atoms with E-state index in [0.29, 0.717) is 12.6 Å². The van der Waals surface area contributed by atoms with Gasteiger partial charge in [-0.15, -0.1) is 0 Å². The Kier molecular flexibility index (Phi) is 3.90. The van der Waals surface area contributed by atoms with Crippen LogP contribution in [0.3, 0.4) is 0 Å². The highest BCUT2D eigenvalue weighted by atomic mass is 16.2. The quantitative estimate of drug-likeness (QED) is 0.653. The van der Waals surface area contributed by atoms with Gasteiger partial charge in [0.2, 0.25) is 11.8 Å². The average Bonchev–Trinajstić information content (AvgIpc) is 3.03. The number of rotatable bonds is 5.